The van der Waals surface area contributed by atoms with Gasteiger partial charge in [-0.25, -0.2) is 9.18 Å². The molecule has 1 aromatic carbocycles. The molecule has 0 spiro atoms. The fraction of sp³-hybridized carbons (Fsp3) is 0.562. The Morgan fingerprint density at radius 1 is 1.20 bits per heavy atom. The normalized spacial score (nSPS) is 26.1. The molecular formula is C16H20FNO2. The zero-order valence-electron chi connectivity index (χ0n) is 11.5. The number of nitrogens with zero attached hydrogens (tertiary/aromatic N) is 1. The summed E-state index contributed by atoms with van der Waals surface area (Å²) in [5.74, 6) is -1.11. The van der Waals surface area contributed by atoms with Gasteiger partial charge in [-0.1, -0.05) is 12.8 Å². The summed E-state index contributed by atoms with van der Waals surface area (Å²) in [5.41, 5.74) is 0.593. The monoisotopic (exact) mass is 277 g/mol. The lowest BCUT2D eigenvalue weighted by molar-refractivity contribution is 0.0692. The minimum Gasteiger partial charge on any atom is -0.478 e. The van der Waals surface area contributed by atoms with Gasteiger partial charge in [0.25, 0.3) is 0 Å². The SMILES string of the molecule is O=C(O)c1ccc(N2CCC[C@H]3CCCC[C@H]32)cc1F. The topological polar surface area (TPSA) is 40.5 Å². The number of anilines is 1. The third-order valence-corrected chi connectivity index (χ3v) is 4.76. The lowest BCUT2D eigenvalue weighted by atomic mass is 9.78. The van der Waals surface area contributed by atoms with E-state index in [1.807, 2.05) is 0 Å². The van der Waals surface area contributed by atoms with Gasteiger partial charge < -0.3 is 10.0 Å². The highest BCUT2D eigenvalue weighted by Gasteiger charge is 2.33. The van der Waals surface area contributed by atoms with Crippen LogP contribution in [0.15, 0.2) is 18.2 Å². The Labute approximate surface area is 118 Å². The number of hydrogen-bond donors (Lipinski definition) is 1. The first-order valence-corrected chi connectivity index (χ1v) is 7.46. The van der Waals surface area contributed by atoms with Gasteiger partial charge in [-0.3, -0.25) is 0 Å². The molecule has 3 nitrogen and oxygen atoms in total. The van der Waals surface area contributed by atoms with Crippen LogP contribution in [0, 0.1) is 11.7 Å². The average Bonchev–Trinajstić information content (AvgIpc) is 2.46. The van der Waals surface area contributed by atoms with E-state index >= 15 is 0 Å². The third kappa shape index (κ3) is 2.39. The highest BCUT2D eigenvalue weighted by molar-refractivity contribution is 5.88. The van der Waals surface area contributed by atoms with Crippen LogP contribution in [-0.4, -0.2) is 23.7 Å². The smallest absolute Gasteiger partial charge is 0.338 e. The van der Waals surface area contributed by atoms with Crippen molar-refractivity contribution in [1.29, 1.82) is 0 Å². The molecular weight excluding hydrogens is 257 g/mol. The van der Waals surface area contributed by atoms with Gasteiger partial charge in [0.1, 0.15) is 5.82 Å². The summed E-state index contributed by atoms with van der Waals surface area (Å²) in [7, 11) is 0. The molecule has 0 bridgehead atoms. The Morgan fingerprint density at radius 3 is 2.70 bits per heavy atom. The zero-order valence-corrected chi connectivity index (χ0v) is 11.5. The van der Waals surface area contributed by atoms with Crippen molar-refractivity contribution in [3.05, 3.63) is 29.6 Å². The van der Waals surface area contributed by atoms with Crippen molar-refractivity contribution in [1.82, 2.24) is 0 Å². The van der Waals surface area contributed by atoms with Gasteiger partial charge in [0.15, 0.2) is 0 Å². The standard InChI is InChI=1S/C16H20FNO2/c17-14-10-12(7-8-13(14)16(19)20)18-9-3-5-11-4-1-2-6-15(11)18/h7-8,10-11,15H,1-6,9H2,(H,19,20)/t11-,15-/m1/s1. The van der Waals surface area contributed by atoms with Gasteiger partial charge in [0.2, 0.25) is 0 Å². The van der Waals surface area contributed by atoms with Crippen molar-refractivity contribution in [3.63, 3.8) is 0 Å². The molecule has 1 N–H and O–H groups in total. The molecule has 2 fully saturated rings. The van der Waals surface area contributed by atoms with Gasteiger partial charge in [-0.2, -0.15) is 0 Å². The maximum atomic E-state index is 13.9. The Hall–Kier alpha value is -1.58. The molecule has 1 saturated carbocycles. The quantitative estimate of drug-likeness (QED) is 0.896. The van der Waals surface area contributed by atoms with Crippen molar-refractivity contribution in [3.8, 4) is 0 Å². The number of piperidine rings is 1. The minimum atomic E-state index is -1.21. The van der Waals surface area contributed by atoms with Crippen LogP contribution in [0.4, 0.5) is 10.1 Å². The van der Waals surface area contributed by atoms with Crippen LogP contribution >= 0.6 is 0 Å². The molecule has 1 aliphatic carbocycles. The van der Waals surface area contributed by atoms with Crippen molar-refractivity contribution in [2.75, 3.05) is 11.4 Å². The number of carboxylic acid groups (broad SMARTS) is 1. The number of rotatable bonds is 2. The molecule has 0 amide bonds. The number of hydrogen-bond acceptors (Lipinski definition) is 2. The Kier molecular flexibility index (Phi) is 3.64. The van der Waals surface area contributed by atoms with E-state index in [1.165, 1.54) is 44.2 Å². The highest BCUT2D eigenvalue weighted by atomic mass is 19.1. The molecule has 1 aliphatic heterocycles. The molecule has 0 radical (unpaired) electrons. The molecule has 2 atom stereocenters. The number of fused-ring (bicyclic) bond motifs is 1. The van der Waals surface area contributed by atoms with E-state index < -0.39 is 11.8 Å². The summed E-state index contributed by atoms with van der Waals surface area (Å²) in [6.45, 7) is 0.951. The maximum Gasteiger partial charge on any atom is 0.338 e. The minimum absolute atomic E-state index is 0.244. The van der Waals surface area contributed by atoms with E-state index in [-0.39, 0.29) is 5.56 Å². The van der Waals surface area contributed by atoms with Gasteiger partial charge in [0, 0.05) is 18.3 Å². The molecule has 1 aromatic rings. The molecule has 20 heavy (non-hydrogen) atoms. The van der Waals surface area contributed by atoms with Gasteiger partial charge in [0.05, 0.1) is 5.56 Å². The first-order chi connectivity index (χ1) is 9.66. The predicted octanol–water partition coefficient (Wildman–Crippen LogP) is 3.68. The lowest BCUT2D eigenvalue weighted by Gasteiger charge is -2.45. The molecule has 0 aromatic heterocycles. The number of halogens is 1. The first-order valence-electron chi connectivity index (χ1n) is 7.46. The van der Waals surface area contributed by atoms with Crippen LogP contribution in [0.2, 0.25) is 0 Å². The van der Waals surface area contributed by atoms with Crippen molar-refractivity contribution in [2.45, 2.75) is 44.6 Å². The van der Waals surface area contributed by atoms with E-state index in [2.05, 4.69) is 4.90 Å². The second kappa shape index (κ2) is 5.43. The molecule has 3 rings (SSSR count). The van der Waals surface area contributed by atoms with E-state index in [9.17, 15) is 9.18 Å². The average molecular weight is 277 g/mol. The maximum absolute atomic E-state index is 13.9. The van der Waals surface area contributed by atoms with E-state index in [1.54, 1.807) is 6.07 Å². The summed E-state index contributed by atoms with van der Waals surface area (Å²) in [4.78, 5) is 13.2. The van der Waals surface area contributed by atoms with Crippen LogP contribution in [-0.2, 0) is 0 Å². The first kappa shape index (κ1) is 13.4. The molecule has 1 heterocycles. The number of aromatic carboxylic acids is 1. The van der Waals surface area contributed by atoms with E-state index in [0.29, 0.717) is 6.04 Å². The summed E-state index contributed by atoms with van der Waals surface area (Å²) in [5, 5.41) is 8.90. The Morgan fingerprint density at radius 2 is 1.95 bits per heavy atom. The third-order valence-electron chi connectivity index (χ3n) is 4.76. The fourth-order valence-corrected chi connectivity index (χ4v) is 3.80. The molecule has 4 heteroatoms. The second-order valence-corrected chi connectivity index (χ2v) is 5.92. The predicted molar refractivity (Wildman–Crippen MR) is 75.7 cm³/mol. The number of carboxylic acids is 1. The van der Waals surface area contributed by atoms with Gasteiger partial charge >= 0.3 is 5.97 Å². The van der Waals surface area contributed by atoms with Crippen LogP contribution in [0.25, 0.3) is 0 Å². The summed E-state index contributed by atoms with van der Waals surface area (Å²) < 4.78 is 13.9. The summed E-state index contributed by atoms with van der Waals surface area (Å²) in [6.07, 6.45) is 7.42. The van der Waals surface area contributed by atoms with Crippen molar-refractivity contribution < 1.29 is 14.3 Å². The Balaban J connectivity index is 1.87. The van der Waals surface area contributed by atoms with Crippen LogP contribution < -0.4 is 4.90 Å². The van der Waals surface area contributed by atoms with Gasteiger partial charge in [-0.15, -0.1) is 0 Å². The zero-order chi connectivity index (χ0) is 14.1. The van der Waals surface area contributed by atoms with Crippen LogP contribution in [0.1, 0.15) is 48.9 Å². The van der Waals surface area contributed by atoms with Crippen molar-refractivity contribution in [2.24, 2.45) is 5.92 Å². The number of benzene rings is 1. The molecule has 2 aliphatic rings. The van der Waals surface area contributed by atoms with E-state index in [0.717, 1.165) is 24.6 Å². The fourth-order valence-electron chi connectivity index (χ4n) is 3.80. The lowest BCUT2D eigenvalue weighted by Crippen LogP contribution is -2.46. The van der Waals surface area contributed by atoms with Gasteiger partial charge in [-0.05, 0) is 49.8 Å². The van der Waals surface area contributed by atoms with Crippen LogP contribution in [0.5, 0.6) is 0 Å². The van der Waals surface area contributed by atoms with Crippen molar-refractivity contribution >= 4 is 11.7 Å². The molecule has 108 valence electrons. The Bertz CT molecular complexity index is 515. The second-order valence-electron chi connectivity index (χ2n) is 5.92. The van der Waals surface area contributed by atoms with E-state index in [4.69, 9.17) is 5.11 Å². The highest BCUT2D eigenvalue weighted by Crippen LogP contribution is 2.38. The molecule has 0 unspecified atom stereocenters. The summed E-state index contributed by atoms with van der Waals surface area (Å²) in [6, 6.07) is 5.04. The summed E-state index contributed by atoms with van der Waals surface area (Å²) >= 11 is 0. The van der Waals surface area contributed by atoms with Crippen LogP contribution in [0.3, 0.4) is 0 Å². The largest absolute Gasteiger partial charge is 0.478 e. The number of carbonyl (C=O) groups is 1. The molecule has 1 saturated heterocycles.